The number of methoxy groups -OCH3 is 1. The summed E-state index contributed by atoms with van der Waals surface area (Å²) in [6.07, 6.45) is 0.587. The lowest BCUT2D eigenvalue weighted by Crippen LogP contribution is -2.48. The molecule has 3 amide bonds. The predicted molar refractivity (Wildman–Crippen MR) is 110 cm³/mol. The Kier molecular flexibility index (Phi) is 7.03. The quantitative estimate of drug-likeness (QED) is 0.482. The minimum atomic E-state index is -0.790. The van der Waals surface area contributed by atoms with Gasteiger partial charge in [-0.15, -0.1) is 0 Å². The largest absolute Gasteiger partial charge is 0.493 e. The second-order valence-corrected chi connectivity index (χ2v) is 6.77. The van der Waals surface area contributed by atoms with E-state index >= 15 is 0 Å². The summed E-state index contributed by atoms with van der Waals surface area (Å²) in [6, 6.07) is 13.6. The molecule has 2 aromatic rings. The standard InChI is InChI=1S/C22H25N3O5/c1-3-30-18-10-9-16(13-19(18)29-2)21(27)24-23-17-14-20(26)25(22(17)28)12-11-15-7-5-4-6-8-15/h4-10,13,17,23H,3,11-12,14H2,1-2H3,(H,24,27)/t17-/m1/s1. The van der Waals surface area contributed by atoms with Gasteiger partial charge in [-0.25, -0.2) is 5.43 Å². The SMILES string of the molecule is CCOc1ccc(C(=O)NN[C@@H]2CC(=O)N(CCc3ccccc3)C2=O)cc1OC. The molecule has 0 aromatic heterocycles. The molecule has 0 spiro atoms. The van der Waals surface area contributed by atoms with Crippen LogP contribution in [0.1, 0.15) is 29.3 Å². The molecule has 0 bridgehead atoms. The molecule has 1 saturated heterocycles. The van der Waals surface area contributed by atoms with E-state index in [9.17, 15) is 14.4 Å². The van der Waals surface area contributed by atoms with E-state index in [-0.39, 0.29) is 18.2 Å². The van der Waals surface area contributed by atoms with Crippen LogP contribution in [0.15, 0.2) is 48.5 Å². The van der Waals surface area contributed by atoms with Crippen LogP contribution in [0.5, 0.6) is 11.5 Å². The Morgan fingerprint density at radius 2 is 1.90 bits per heavy atom. The van der Waals surface area contributed by atoms with Crippen LogP contribution in [0.25, 0.3) is 0 Å². The summed E-state index contributed by atoms with van der Waals surface area (Å²) in [4.78, 5) is 38.5. The van der Waals surface area contributed by atoms with Crippen LogP contribution < -0.4 is 20.3 Å². The zero-order valence-corrected chi connectivity index (χ0v) is 17.0. The first-order valence-corrected chi connectivity index (χ1v) is 9.78. The van der Waals surface area contributed by atoms with Crippen molar-refractivity contribution in [3.63, 3.8) is 0 Å². The van der Waals surface area contributed by atoms with Gasteiger partial charge in [0.15, 0.2) is 11.5 Å². The highest BCUT2D eigenvalue weighted by Gasteiger charge is 2.38. The third-order valence-electron chi connectivity index (χ3n) is 4.80. The number of likely N-dealkylation sites (tertiary alicyclic amines) is 1. The Labute approximate surface area is 175 Å². The fraction of sp³-hybridized carbons (Fsp3) is 0.318. The molecule has 1 aliphatic rings. The van der Waals surface area contributed by atoms with Gasteiger partial charge in [0.1, 0.15) is 6.04 Å². The third-order valence-corrected chi connectivity index (χ3v) is 4.80. The zero-order valence-electron chi connectivity index (χ0n) is 17.0. The maximum absolute atomic E-state index is 12.6. The minimum absolute atomic E-state index is 0.000498. The Bertz CT molecular complexity index is 916. The summed E-state index contributed by atoms with van der Waals surface area (Å²) < 4.78 is 10.7. The van der Waals surface area contributed by atoms with Gasteiger partial charge in [-0.05, 0) is 37.1 Å². The number of imide groups is 1. The molecule has 8 nitrogen and oxygen atoms in total. The summed E-state index contributed by atoms with van der Waals surface area (Å²) in [5, 5.41) is 0. The van der Waals surface area contributed by atoms with Crippen LogP contribution >= 0.6 is 0 Å². The minimum Gasteiger partial charge on any atom is -0.493 e. The molecule has 1 fully saturated rings. The molecule has 1 aliphatic heterocycles. The van der Waals surface area contributed by atoms with E-state index in [2.05, 4.69) is 10.9 Å². The highest BCUT2D eigenvalue weighted by Crippen LogP contribution is 2.28. The molecule has 158 valence electrons. The lowest BCUT2D eigenvalue weighted by molar-refractivity contribution is -0.138. The lowest BCUT2D eigenvalue weighted by atomic mass is 10.1. The second kappa shape index (κ2) is 9.89. The van der Waals surface area contributed by atoms with Gasteiger partial charge >= 0.3 is 0 Å². The Hall–Kier alpha value is -3.39. The number of carbonyl (C=O) groups excluding carboxylic acids is 3. The van der Waals surface area contributed by atoms with Gasteiger partial charge in [0.25, 0.3) is 5.91 Å². The first-order chi connectivity index (χ1) is 14.5. The van der Waals surface area contributed by atoms with Gasteiger partial charge in [0.2, 0.25) is 11.8 Å². The highest BCUT2D eigenvalue weighted by atomic mass is 16.5. The van der Waals surface area contributed by atoms with Crippen LogP contribution in [0.3, 0.4) is 0 Å². The topological polar surface area (TPSA) is 97.0 Å². The molecule has 30 heavy (non-hydrogen) atoms. The molecule has 1 atom stereocenters. The summed E-state index contributed by atoms with van der Waals surface area (Å²) in [5.74, 6) is -0.0795. The van der Waals surface area contributed by atoms with Crippen LogP contribution in [0, 0.1) is 0 Å². The van der Waals surface area contributed by atoms with Crippen LogP contribution in [0.2, 0.25) is 0 Å². The van der Waals surface area contributed by atoms with E-state index in [0.29, 0.717) is 36.6 Å². The maximum Gasteiger partial charge on any atom is 0.265 e. The van der Waals surface area contributed by atoms with Crippen LogP contribution in [0.4, 0.5) is 0 Å². The number of nitrogens with zero attached hydrogens (tertiary/aromatic N) is 1. The Balaban J connectivity index is 1.56. The van der Waals surface area contributed by atoms with Crippen molar-refractivity contribution in [1.82, 2.24) is 15.8 Å². The van der Waals surface area contributed by atoms with E-state index in [1.165, 1.54) is 12.0 Å². The number of carbonyl (C=O) groups is 3. The first-order valence-electron chi connectivity index (χ1n) is 9.78. The average molecular weight is 411 g/mol. The molecule has 1 heterocycles. The Morgan fingerprint density at radius 3 is 2.60 bits per heavy atom. The smallest absolute Gasteiger partial charge is 0.265 e. The van der Waals surface area contributed by atoms with E-state index in [1.54, 1.807) is 18.2 Å². The van der Waals surface area contributed by atoms with Gasteiger partial charge in [-0.3, -0.25) is 24.7 Å². The third kappa shape index (κ3) is 4.96. The fourth-order valence-electron chi connectivity index (χ4n) is 3.22. The molecule has 0 saturated carbocycles. The summed E-state index contributed by atoms with van der Waals surface area (Å²) >= 11 is 0. The second-order valence-electron chi connectivity index (χ2n) is 6.77. The molecule has 0 aliphatic carbocycles. The number of rotatable bonds is 9. The summed E-state index contributed by atoms with van der Waals surface area (Å²) in [6.45, 7) is 2.64. The van der Waals surface area contributed by atoms with Crippen LogP contribution in [-0.2, 0) is 16.0 Å². The average Bonchev–Trinajstić information content (AvgIpc) is 3.04. The van der Waals surface area contributed by atoms with Gasteiger partial charge < -0.3 is 9.47 Å². The lowest BCUT2D eigenvalue weighted by Gasteiger charge is -2.16. The first kappa shape index (κ1) is 21.3. The van der Waals surface area contributed by atoms with Crippen molar-refractivity contribution in [2.24, 2.45) is 0 Å². The predicted octanol–water partition coefficient (Wildman–Crippen LogP) is 1.70. The molecule has 0 radical (unpaired) electrons. The van der Waals surface area contributed by atoms with Gasteiger partial charge in [-0.1, -0.05) is 30.3 Å². The highest BCUT2D eigenvalue weighted by molar-refractivity contribution is 6.05. The molecule has 2 aromatic carbocycles. The number of benzene rings is 2. The van der Waals surface area contributed by atoms with E-state index in [4.69, 9.17) is 9.47 Å². The molecular weight excluding hydrogens is 386 g/mol. The number of ether oxygens (including phenoxy) is 2. The molecule has 3 rings (SSSR count). The zero-order chi connectivity index (χ0) is 21.5. The number of amides is 3. The van der Waals surface area contributed by atoms with Crippen molar-refractivity contribution >= 4 is 17.7 Å². The van der Waals surface area contributed by atoms with E-state index < -0.39 is 11.9 Å². The van der Waals surface area contributed by atoms with E-state index in [1.807, 2.05) is 37.3 Å². The number of hydrogen-bond donors (Lipinski definition) is 2. The number of nitrogens with one attached hydrogen (secondary N) is 2. The summed E-state index contributed by atoms with van der Waals surface area (Å²) in [7, 11) is 1.49. The van der Waals surface area contributed by atoms with Crippen molar-refractivity contribution in [2.75, 3.05) is 20.3 Å². The molecule has 0 unspecified atom stereocenters. The molecular formula is C22H25N3O5. The normalized spacial score (nSPS) is 15.9. The van der Waals surface area contributed by atoms with Gasteiger partial charge in [0.05, 0.1) is 20.1 Å². The monoisotopic (exact) mass is 411 g/mol. The number of hydrogen-bond acceptors (Lipinski definition) is 6. The van der Waals surface area contributed by atoms with Crippen molar-refractivity contribution in [3.05, 3.63) is 59.7 Å². The van der Waals surface area contributed by atoms with Crippen molar-refractivity contribution < 1.29 is 23.9 Å². The fourth-order valence-corrected chi connectivity index (χ4v) is 3.22. The molecule has 2 N–H and O–H groups in total. The molecule has 8 heteroatoms. The van der Waals surface area contributed by atoms with Gasteiger partial charge in [0, 0.05) is 12.1 Å². The maximum atomic E-state index is 12.6. The van der Waals surface area contributed by atoms with Gasteiger partial charge in [-0.2, -0.15) is 0 Å². The number of hydrazine groups is 1. The Morgan fingerprint density at radius 1 is 1.13 bits per heavy atom. The van der Waals surface area contributed by atoms with Crippen molar-refractivity contribution in [2.45, 2.75) is 25.8 Å². The van der Waals surface area contributed by atoms with Crippen molar-refractivity contribution in [3.8, 4) is 11.5 Å². The summed E-state index contributed by atoms with van der Waals surface area (Å²) in [5.41, 5.74) is 6.57. The van der Waals surface area contributed by atoms with Crippen LogP contribution in [-0.4, -0.2) is 48.9 Å². The van der Waals surface area contributed by atoms with E-state index in [0.717, 1.165) is 5.56 Å². The van der Waals surface area contributed by atoms with Crippen molar-refractivity contribution in [1.29, 1.82) is 0 Å².